The van der Waals surface area contributed by atoms with E-state index < -0.39 is 5.82 Å². The highest BCUT2D eigenvalue weighted by Crippen LogP contribution is 2.30. The van der Waals surface area contributed by atoms with Crippen LogP contribution in [0.5, 0.6) is 0 Å². The number of hydrogen-bond acceptors (Lipinski definition) is 2. The van der Waals surface area contributed by atoms with Gasteiger partial charge in [-0.05, 0) is 28.1 Å². The van der Waals surface area contributed by atoms with E-state index in [1.54, 1.807) is 6.07 Å². The van der Waals surface area contributed by atoms with Gasteiger partial charge in [0.05, 0.1) is 23.1 Å². The van der Waals surface area contributed by atoms with Gasteiger partial charge in [0.2, 0.25) is 5.91 Å². The summed E-state index contributed by atoms with van der Waals surface area (Å²) in [4.78, 5) is 23.8. The number of halogens is 2. The molecule has 1 heterocycles. The predicted molar refractivity (Wildman–Crippen MR) is 56.1 cm³/mol. The van der Waals surface area contributed by atoms with Crippen molar-refractivity contribution in [2.45, 2.75) is 6.42 Å². The zero-order chi connectivity index (χ0) is 11.0. The van der Waals surface area contributed by atoms with E-state index in [0.717, 1.165) is 0 Å². The molecule has 0 unspecified atom stereocenters. The highest BCUT2D eigenvalue weighted by Gasteiger charge is 2.30. The molecule has 5 heteroatoms. The lowest BCUT2D eigenvalue weighted by Gasteiger charge is -2.16. The number of carbonyl (C=O) groups excluding carboxylic acids is 2. The summed E-state index contributed by atoms with van der Waals surface area (Å²) in [5.74, 6) is -0.873. The second-order valence-corrected chi connectivity index (χ2v) is 4.06. The lowest BCUT2D eigenvalue weighted by atomic mass is 10.3. The van der Waals surface area contributed by atoms with Crippen molar-refractivity contribution in [3.8, 4) is 0 Å². The standard InChI is InChI=1S/C10H7BrFNO2/c11-10-7(12)2-1-3-8(10)13-5-6(14)4-9(13)15/h1-3H,4-5H2. The van der Waals surface area contributed by atoms with E-state index in [1.807, 2.05) is 0 Å². The Kier molecular flexibility index (Phi) is 2.56. The normalized spacial score (nSPS) is 16.3. The smallest absolute Gasteiger partial charge is 0.234 e. The fraction of sp³-hybridized carbons (Fsp3) is 0.200. The molecule has 1 aromatic rings. The van der Waals surface area contributed by atoms with Gasteiger partial charge in [0, 0.05) is 0 Å². The second kappa shape index (κ2) is 3.73. The SMILES string of the molecule is O=C1CC(=O)N(c2cccc(F)c2Br)C1. The summed E-state index contributed by atoms with van der Waals surface area (Å²) >= 11 is 3.06. The van der Waals surface area contributed by atoms with Gasteiger partial charge in [-0.1, -0.05) is 6.07 Å². The van der Waals surface area contributed by atoms with Gasteiger partial charge < -0.3 is 4.90 Å². The Hall–Kier alpha value is -1.23. The molecule has 0 spiro atoms. The Bertz CT molecular complexity index is 447. The fourth-order valence-electron chi connectivity index (χ4n) is 1.50. The molecule has 78 valence electrons. The summed E-state index contributed by atoms with van der Waals surface area (Å²) < 4.78 is 13.4. The van der Waals surface area contributed by atoms with E-state index in [9.17, 15) is 14.0 Å². The van der Waals surface area contributed by atoms with Crippen molar-refractivity contribution in [3.63, 3.8) is 0 Å². The van der Waals surface area contributed by atoms with Gasteiger partial charge in [0.1, 0.15) is 5.82 Å². The molecule has 1 aliphatic heterocycles. The van der Waals surface area contributed by atoms with E-state index in [0.29, 0.717) is 5.69 Å². The van der Waals surface area contributed by atoms with Crippen LogP contribution in [-0.2, 0) is 9.59 Å². The summed E-state index contributed by atoms with van der Waals surface area (Å²) in [6.45, 7) is 0.0287. The van der Waals surface area contributed by atoms with Crippen molar-refractivity contribution in [2.75, 3.05) is 11.4 Å². The Balaban J connectivity index is 2.42. The highest BCUT2D eigenvalue weighted by molar-refractivity contribution is 9.10. The minimum atomic E-state index is -0.445. The second-order valence-electron chi connectivity index (χ2n) is 3.27. The first-order valence-corrected chi connectivity index (χ1v) is 5.15. The Morgan fingerprint density at radius 1 is 1.33 bits per heavy atom. The molecule has 1 aromatic carbocycles. The number of ketones is 1. The number of Topliss-reactive ketones (excluding diaryl/α,β-unsaturated/α-hetero) is 1. The first-order valence-electron chi connectivity index (χ1n) is 4.35. The monoisotopic (exact) mass is 271 g/mol. The maximum Gasteiger partial charge on any atom is 0.234 e. The van der Waals surface area contributed by atoms with Crippen LogP contribution in [0.2, 0.25) is 0 Å². The van der Waals surface area contributed by atoms with Crippen molar-refractivity contribution in [1.29, 1.82) is 0 Å². The number of nitrogens with zero attached hydrogens (tertiary/aromatic N) is 1. The van der Waals surface area contributed by atoms with Crippen LogP contribution in [-0.4, -0.2) is 18.2 Å². The lowest BCUT2D eigenvalue weighted by molar-refractivity contribution is -0.121. The third-order valence-electron chi connectivity index (χ3n) is 2.21. The van der Waals surface area contributed by atoms with E-state index in [1.165, 1.54) is 17.0 Å². The molecule has 0 aliphatic carbocycles. The predicted octanol–water partition coefficient (Wildman–Crippen LogP) is 1.89. The number of anilines is 1. The third-order valence-corrected chi connectivity index (χ3v) is 2.99. The largest absolute Gasteiger partial charge is 0.303 e. The minimum Gasteiger partial charge on any atom is -0.303 e. The van der Waals surface area contributed by atoms with Gasteiger partial charge in [-0.15, -0.1) is 0 Å². The summed E-state index contributed by atoms with van der Waals surface area (Å²) in [7, 11) is 0. The number of carbonyl (C=O) groups is 2. The molecule has 2 rings (SSSR count). The molecule has 0 aromatic heterocycles. The molecule has 1 saturated heterocycles. The van der Waals surface area contributed by atoms with Crippen LogP contribution < -0.4 is 4.90 Å². The zero-order valence-corrected chi connectivity index (χ0v) is 9.25. The van der Waals surface area contributed by atoms with Gasteiger partial charge in [-0.3, -0.25) is 9.59 Å². The Morgan fingerprint density at radius 2 is 2.07 bits per heavy atom. The van der Waals surface area contributed by atoms with E-state index in [4.69, 9.17) is 0 Å². The first-order chi connectivity index (χ1) is 7.09. The quantitative estimate of drug-likeness (QED) is 0.732. The van der Waals surface area contributed by atoms with E-state index in [2.05, 4.69) is 15.9 Å². The number of hydrogen-bond donors (Lipinski definition) is 0. The van der Waals surface area contributed by atoms with Crippen LogP contribution in [0, 0.1) is 5.82 Å². The van der Waals surface area contributed by atoms with E-state index >= 15 is 0 Å². The lowest BCUT2D eigenvalue weighted by Crippen LogP contribution is -2.25. The summed E-state index contributed by atoms with van der Waals surface area (Å²) in [6, 6.07) is 4.39. The summed E-state index contributed by atoms with van der Waals surface area (Å²) in [5, 5.41) is 0. The van der Waals surface area contributed by atoms with Crippen LogP contribution in [0.25, 0.3) is 0 Å². The van der Waals surface area contributed by atoms with Crippen molar-refractivity contribution >= 4 is 33.3 Å². The zero-order valence-electron chi connectivity index (χ0n) is 7.67. The van der Waals surface area contributed by atoms with Gasteiger partial charge in [-0.25, -0.2) is 4.39 Å². The van der Waals surface area contributed by atoms with Crippen molar-refractivity contribution in [1.82, 2.24) is 0 Å². The Morgan fingerprint density at radius 3 is 2.67 bits per heavy atom. The average molecular weight is 272 g/mol. The molecular formula is C10H7BrFNO2. The molecule has 15 heavy (non-hydrogen) atoms. The van der Waals surface area contributed by atoms with Crippen LogP contribution in [0.3, 0.4) is 0 Å². The maximum absolute atomic E-state index is 13.2. The van der Waals surface area contributed by atoms with E-state index in [-0.39, 0.29) is 29.1 Å². The van der Waals surface area contributed by atoms with Crippen LogP contribution >= 0.6 is 15.9 Å². The maximum atomic E-state index is 13.2. The molecule has 0 radical (unpaired) electrons. The molecule has 0 bridgehead atoms. The van der Waals surface area contributed by atoms with Crippen molar-refractivity contribution in [2.24, 2.45) is 0 Å². The molecule has 0 saturated carbocycles. The molecule has 1 amide bonds. The van der Waals surface area contributed by atoms with Crippen molar-refractivity contribution in [3.05, 3.63) is 28.5 Å². The topological polar surface area (TPSA) is 37.4 Å². The minimum absolute atomic E-state index is 0.0287. The molecule has 1 fully saturated rings. The number of rotatable bonds is 1. The van der Waals surface area contributed by atoms with Crippen LogP contribution in [0.4, 0.5) is 10.1 Å². The van der Waals surface area contributed by atoms with Gasteiger partial charge in [-0.2, -0.15) is 0 Å². The number of benzene rings is 1. The Labute approximate surface area is 94.0 Å². The highest BCUT2D eigenvalue weighted by atomic mass is 79.9. The average Bonchev–Trinajstić information content (AvgIpc) is 2.50. The van der Waals surface area contributed by atoms with Crippen LogP contribution in [0.15, 0.2) is 22.7 Å². The summed E-state index contributed by atoms with van der Waals surface area (Å²) in [5.41, 5.74) is 0.408. The molecule has 0 atom stereocenters. The molecular weight excluding hydrogens is 265 g/mol. The van der Waals surface area contributed by atoms with Crippen LogP contribution in [0.1, 0.15) is 6.42 Å². The molecule has 3 nitrogen and oxygen atoms in total. The van der Waals surface area contributed by atoms with Gasteiger partial charge >= 0.3 is 0 Å². The third kappa shape index (κ3) is 1.79. The van der Waals surface area contributed by atoms with Gasteiger partial charge in [0.15, 0.2) is 5.78 Å². The van der Waals surface area contributed by atoms with Gasteiger partial charge in [0.25, 0.3) is 0 Å². The molecule has 1 aliphatic rings. The fourth-order valence-corrected chi connectivity index (χ4v) is 1.98. The number of amides is 1. The first kappa shape index (κ1) is 10.3. The molecule has 0 N–H and O–H groups in total. The van der Waals surface area contributed by atoms with Crippen molar-refractivity contribution < 1.29 is 14.0 Å². The summed E-state index contributed by atoms with van der Waals surface area (Å²) in [6.07, 6.45) is -0.0943.